The van der Waals surface area contributed by atoms with Gasteiger partial charge in [-0.1, -0.05) is 50.6 Å². The summed E-state index contributed by atoms with van der Waals surface area (Å²) in [6.45, 7) is 0.0843. The molecule has 0 aromatic heterocycles. The number of carbonyl (C=O) groups is 1. The van der Waals surface area contributed by atoms with Crippen LogP contribution in [-0.4, -0.2) is 70.2 Å². The topological polar surface area (TPSA) is 106 Å². The fourth-order valence-electron chi connectivity index (χ4n) is 3.45. The summed E-state index contributed by atoms with van der Waals surface area (Å²) in [4.78, 5) is 30.4. The zero-order chi connectivity index (χ0) is 26.7. The Kier molecular flexibility index (Phi) is 12.3. The van der Waals surface area contributed by atoms with Crippen LogP contribution in [0.5, 0.6) is 0 Å². The number of ether oxygens (including phenoxy) is 1. The van der Waals surface area contributed by atoms with E-state index in [1.807, 2.05) is 31.2 Å². The maximum absolute atomic E-state index is 13.5. The van der Waals surface area contributed by atoms with E-state index in [2.05, 4.69) is 11.9 Å². The van der Waals surface area contributed by atoms with Gasteiger partial charge >= 0.3 is 12.7 Å². The molecule has 0 bridgehead atoms. The molecule has 2 unspecified atom stereocenters. The summed E-state index contributed by atoms with van der Waals surface area (Å²) in [6.07, 6.45) is 2.46. The van der Waals surface area contributed by atoms with Gasteiger partial charge in [0, 0.05) is 25.4 Å². The van der Waals surface area contributed by atoms with E-state index in [1.54, 1.807) is 43.3 Å². The molecule has 198 valence electrons. The molecule has 2 rings (SSSR count). The average Bonchev–Trinajstić information content (AvgIpc) is 2.86. The van der Waals surface area contributed by atoms with Gasteiger partial charge in [0.1, 0.15) is 5.75 Å². The van der Waals surface area contributed by atoms with Gasteiger partial charge in [0.15, 0.2) is 4.90 Å². The summed E-state index contributed by atoms with van der Waals surface area (Å²) in [7, 11) is 4.71. The van der Waals surface area contributed by atoms with Gasteiger partial charge in [-0.25, -0.2) is 9.79 Å². The molecule has 0 saturated heterocycles. The minimum atomic E-state index is -3.96. The molecule has 0 amide bonds. The molecule has 2 aromatic rings. The minimum Gasteiger partial charge on any atom is -0.611 e. The summed E-state index contributed by atoms with van der Waals surface area (Å²) in [5, 5.41) is 0. The van der Waals surface area contributed by atoms with Gasteiger partial charge in [0.25, 0.3) is 0 Å². The zero-order valence-electron chi connectivity index (χ0n) is 21.5. The maximum Gasteiger partial charge on any atom is 0.353 e. The second kappa shape index (κ2) is 14.7. The summed E-state index contributed by atoms with van der Waals surface area (Å²) in [5.74, 6) is 0.259. The Balaban J connectivity index is 2.48. The number of methoxy groups -OCH3 is 1. The van der Waals surface area contributed by atoms with E-state index < -0.39 is 23.9 Å². The van der Waals surface area contributed by atoms with Crippen molar-refractivity contribution in [1.82, 2.24) is 9.57 Å². The SMILES string of the molecule is CCCSP(=O)(O)N(CC[S+]([O-])c1ccccc1CCC)C(=Nc1ccccc1C(=O)OC)N(C)C. The second-order valence-corrected chi connectivity index (χ2v) is 14.0. The van der Waals surface area contributed by atoms with Crippen LogP contribution in [0.4, 0.5) is 5.69 Å². The number of esters is 1. The molecule has 0 fully saturated rings. The number of guanidine groups is 1. The fourth-order valence-corrected chi connectivity index (χ4v) is 8.35. The van der Waals surface area contributed by atoms with Crippen molar-refractivity contribution in [3.8, 4) is 0 Å². The molecule has 0 saturated carbocycles. The van der Waals surface area contributed by atoms with Crippen molar-refractivity contribution in [2.75, 3.05) is 39.3 Å². The van der Waals surface area contributed by atoms with Gasteiger partial charge in [-0.15, -0.1) is 0 Å². The Morgan fingerprint density at radius 2 is 1.81 bits per heavy atom. The van der Waals surface area contributed by atoms with E-state index in [0.29, 0.717) is 11.4 Å². The predicted molar refractivity (Wildman–Crippen MR) is 150 cm³/mol. The fraction of sp³-hybridized carbons (Fsp3) is 0.440. The first-order chi connectivity index (χ1) is 17.2. The molecule has 0 spiro atoms. The lowest BCUT2D eigenvalue weighted by Gasteiger charge is -2.33. The molecule has 0 aliphatic rings. The summed E-state index contributed by atoms with van der Waals surface area (Å²) in [6, 6.07) is 14.3. The van der Waals surface area contributed by atoms with Crippen LogP contribution in [-0.2, 0) is 26.9 Å². The van der Waals surface area contributed by atoms with Crippen molar-refractivity contribution in [2.24, 2.45) is 4.99 Å². The number of hydrogen-bond acceptors (Lipinski definition) is 6. The van der Waals surface area contributed by atoms with Crippen molar-refractivity contribution in [3.05, 3.63) is 59.7 Å². The average molecular weight is 554 g/mol. The lowest BCUT2D eigenvalue weighted by Crippen LogP contribution is -2.40. The Morgan fingerprint density at radius 1 is 1.14 bits per heavy atom. The summed E-state index contributed by atoms with van der Waals surface area (Å²) in [5.41, 5.74) is 1.57. The molecule has 0 heterocycles. The molecular formula is C25H36N3O5PS2. The van der Waals surface area contributed by atoms with Crippen molar-refractivity contribution in [1.29, 1.82) is 0 Å². The summed E-state index contributed by atoms with van der Waals surface area (Å²) >= 11 is -0.422. The third-order valence-electron chi connectivity index (χ3n) is 5.16. The largest absolute Gasteiger partial charge is 0.611 e. The number of benzene rings is 2. The number of hydrogen-bond donors (Lipinski definition) is 1. The molecule has 8 nitrogen and oxygen atoms in total. The van der Waals surface area contributed by atoms with Gasteiger partial charge in [-0.05, 0) is 53.6 Å². The number of para-hydroxylation sites is 1. The van der Waals surface area contributed by atoms with Crippen LogP contribution in [0, 0.1) is 0 Å². The van der Waals surface area contributed by atoms with Gasteiger partial charge in [0.2, 0.25) is 5.96 Å². The van der Waals surface area contributed by atoms with E-state index in [4.69, 9.17) is 4.74 Å². The van der Waals surface area contributed by atoms with Crippen LogP contribution in [0.1, 0.15) is 42.6 Å². The normalized spacial score (nSPS) is 14.1. The third-order valence-corrected chi connectivity index (χ3v) is 10.7. The van der Waals surface area contributed by atoms with Crippen LogP contribution < -0.4 is 0 Å². The number of rotatable bonds is 12. The second-order valence-electron chi connectivity index (χ2n) is 8.17. The Labute approximate surface area is 221 Å². The lowest BCUT2D eigenvalue weighted by molar-refractivity contribution is 0.0601. The minimum absolute atomic E-state index is 0.0367. The molecule has 2 atom stereocenters. The van der Waals surface area contributed by atoms with Crippen LogP contribution in [0.25, 0.3) is 0 Å². The highest BCUT2D eigenvalue weighted by atomic mass is 32.7. The van der Waals surface area contributed by atoms with E-state index in [9.17, 15) is 18.8 Å². The number of carbonyl (C=O) groups excluding carboxylic acids is 1. The molecule has 1 N–H and O–H groups in total. The van der Waals surface area contributed by atoms with Crippen molar-refractivity contribution in [2.45, 2.75) is 38.0 Å². The maximum atomic E-state index is 13.5. The Bertz CT molecular complexity index is 1080. The zero-order valence-corrected chi connectivity index (χ0v) is 24.1. The first kappa shape index (κ1) is 30.3. The first-order valence-electron chi connectivity index (χ1n) is 11.8. The van der Waals surface area contributed by atoms with Gasteiger partial charge < -0.3 is 19.1 Å². The van der Waals surface area contributed by atoms with Crippen molar-refractivity contribution < 1.29 is 23.5 Å². The molecule has 0 aliphatic heterocycles. The Morgan fingerprint density at radius 3 is 2.44 bits per heavy atom. The highest BCUT2D eigenvalue weighted by molar-refractivity contribution is 8.55. The molecule has 2 aromatic carbocycles. The van der Waals surface area contributed by atoms with Crippen molar-refractivity contribution >= 4 is 46.9 Å². The number of nitrogens with zero attached hydrogens (tertiary/aromatic N) is 3. The molecule has 0 aliphatic carbocycles. The summed E-state index contributed by atoms with van der Waals surface area (Å²) < 4.78 is 33.1. The van der Waals surface area contributed by atoms with Gasteiger partial charge in [-0.3, -0.25) is 9.24 Å². The number of aryl methyl sites for hydroxylation is 1. The van der Waals surface area contributed by atoms with Crippen LogP contribution in [0.15, 0.2) is 58.4 Å². The quantitative estimate of drug-likeness (QED) is 0.124. The molecular weight excluding hydrogens is 517 g/mol. The smallest absolute Gasteiger partial charge is 0.353 e. The molecule has 0 radical (unpaired) electrons. The molecule has 11 heteroatoms. The highest BCUT2D eigenvalue weighted by Crippen LogP contribution is 2.58. The lowest BCUT2D eigenvalue weighted by atomic mass is 10.1. The van der Waals surface area contributed by atoms with Crippen LogP contribution in [0.2, 0.25) is 0 Å². The van der Waals surface area contributed by atoms with Gasteiger partial charge in [-0.2, -0.15) is 0 Å². The van der Waals surface area contributed by atoms with Crippen LogP contribution >= 0.6 is 18.1 Å². The molecule has 36 heavy (non-hydrogen) atoms. The standard InChI is InChI=1S/C25H36N3O5PS2/c1-6-12-20-13-8-11-16-23(20)36(32)19-17-28(34(30,31)35-18-7-2)25(27(3)4)26-22-15-10-9-14-21(22)24(29)33-5/h8-11,13-16H,6-7,12,17-19H2,1-5H3,(H,30,31). The van der Waals surface area contributed by atoms with E-state index in [0.717, 1.165) is 41.1 Å². The van der Waals surface area contributed by atoms with E-state index in [-0.39, 0.29) is 23.8 Å². The first-order valence-corrected chi connectivity index (χ1v) is 16.3. The van der Waals surface area contributed by atoms with E-state index >= 15 is 0 Å². The predicted octanol–water partition coefficient (Wildman–Crippen LogP) is 5.33. The van der Waals surface area contributed by atoms with Gasteiger partial charge in [0.05, 0.1) is 24.9 Å². The monoisotopic (exact) mass is 553 g/mol. The number of aliphatic imine (C=N–C) groups is 1. The third kappa shape index (κ3) is 8.28. The Hall–Kier alpha value is -1.97. The van der Waals surface area contributed by atoms with E-state index in [1.165, 1.54) is 11.8 Å². The van der Waals surface area contributed by atoms with Crippen molar-refractivity contribution in [3.63, 3.8) is 0 Å². The van der Waals surface area contributed by atoms with Crippen LogP contribution in [0.3, 0.4) is 0 Å². The highest BCUT2D eigenvalue weighted by Gasteiger charge is 2.34.